The Kier molecular flexibility index (Phi) is 4.99. The highest BCUT2D eigenvalue weighted by Crippen LogP contribution is 2.14. The Morgan fingerprint density at radius 1 is 1.18 bits per heavy atom. The lowest BCUT2D eigenvalue weighted by Crippen LogP contribution is -2.30. The molecular weight excluding hydrogens is 282 g/mol. The fourth-order valence-electron chi connectivity index (χ4n) is 2.09. The maximum Gasteiger partial charge on any atom is 0.342 e. The van der Waals surface area contributed by atoms with E-state index in [9.17, 15) is 9.59 Å². The maximum absolute atomic E-state index is 12.0. The second-order valence-corrected chi connectivity index (χ2v) is 5.14. The number of esters is 1. The zero-order valence-corrected chi connectivity index (χ0v) is 13.0. The molecule has 0 aliphatic heterocycles. The van der Waals surface area contributed by atoms with Crippen LogP contribution in [0, 0.1) is 13.8 Å². The van der Waals surface area contributed by atoms with Gasteiger partial charge in [-0.05, 0) is 25.5 Å². The Bertz CT molecular complexity index is 661. The van der Waals surface area contributed by atoms with E-state index in [4.69, 9.17) is 9.15 Å². The van der Waals surface area contributed by atoms with Crippen molar-refractivity contribution in [2.24, 2.45) is 0 Å². The van der Waals surface area contributed by atoms with Crippen LogP contribution in [0.3, 0.4) is 0 Å². The highest BCUT2D eigenvalue weighted by Gasteiger charge is 2.17. The molecule has 1 aromatic carbocycles. The Hall–Kier alpha value is -2.56. The van der Waals surface area contributed by atoms with Gasteiger partial charge in [-0.3, -0.25) is 4.79 Å². The van der Waals surface area contributed by atoms with Gasteiger partial charge in [0.05, 0.1) is 0 Å². The third-order valence-electron chi connectivity index (χ3n) is 3.28. The van der Waals surface area contributed by atoms with Crippen molar-refractivity contribution in [3.05, 3.63) is 59.0 Å². The molecular formula is C17H19NO4. The molecule has 0 saturated carbocycles. The van der Waals surface area contributed by atoms with E-state index >= 15 is 0 Å². The first-order valence-corrected chi connectivity index (χ1v) is 6.99. The summed E-state index contributed by atoms with van der Waals surface area (Å²) in [5.41, 5.74) is 1.38. The van der Waals surface area contributed by atoms with Crippen LogP contribution >= 0.6 is 0 Å². The number of likely N-dealkylation sites (N-methyl/N-ethyl adjacent to an activating group) is 1. The highest BCUT2D eigenvalue weighted by atomic mass is 16.5. The van der Waals surface area contributed by atoms with Gasteiger partial charge in [-0.25, -0.2) is 4.79 Å². The topological polar surface area (TPSA) is 59.8 Å². The number of amides is 1. The van der Waals surface area contributed by atoms with Crippen molar-refractivity contribution in [1.82, 2.24) is 4.90 Å². The molecule has 0 aliphatic carbocycles. The van der Waals surface area contributed by atoms with Gasteiger partial charge in [0.1, 0.15) is 17.1 Å². The Morgan fingerprint density at radius 2 is 1.86 bits per heavy atom. The van der Waals surface area contributed by atoms with Crippen LogP contribution in [-0.2, 0) is 16.1 Å². The SMILES string of the molecule is Cc1cc(C(=O)OCC(=O)N(C)Cc2ccccc2)c(C)o1. The van der Waals surface area contributed by atoms with Crippen LogP contribution in [0.15, 0.2) is 40.8 Å². The van der Waals surface area contributed by atoms with Crippen LogP contribution in [0.4, 0.5) is 0 Å². The molecule has 0 bridgehead atoms. The molecule has 0 unspecified atom stereocenters. The summed E-state index contributed by atoms with van der Waals surface area (Å²) >= 11 is 0. The standard InChI is InChI=1S/C17H19NO4/c1-12-9-15(13(2)22-12)17(20)21-11-16(19)18(3)10-14-7-5-4-6-8-14/h4-9H,10-11H2,1-3H3. The van der Waals surface area contributed by atoms with Crippen molar-refractivity contribution in [2.75, 3.05) is 13.7 Å². The normalized spacial score (nSPS) is 10.3. The lowest BCUT2D eigenvalue weighted by Gasteiger charge is -2.17. The molecule has 0 spiro atoms. The van der Waals surface area contributed by atoms with Crippen LogP contribution in [0.1, 0.15) is 27.4 Å². The van der Waals surface area contributed by atoms with E-state index in [0.717, 1.165) is 5.56 Å². The van der Waals surface area contributed by atoms with Crippen molar-refractivity contribution in [2.45, 2.75) is 20.4 Å². The number of carbonyl (C=O) groups is 2. The lowest BCUT2D eigenvalue weighted by molar-refractivity contribution is -0.133. The number of furan rings is 1. The zero-order valence-electron chi connectivity index (χ0n) is 13.0. The molecule has 22 heavy (non-hydrogen) atoms. The smallest absolute Gasteiger partial charge is 0.342 e. The minimum absolute atomic E-state index is 0.255. The van der Waals surface area contributed by atoms with Crippen LogP contribution < -0.4 is 0 Å². The van der Waals surface area contributed by atoms with Crippen LogP contribution in [0.25, 0.3) is 0 Å². The summed E-state index contributed by atoms with van der Waals surface area (Å²) in [7, 11) is 1.68. The zero-order chi connectivity index (χ0) is 16.1. The number of hydrogen-bond donors (Lipinski definition) is 0. The average Bonchev–Trinajstić information content (AvgIpc) is 2.84. The van der Waals surface area contributed by atoms with Gasteiger partial charge in [0.2, 0.25) is 0 Å². The van der Waals surface area contributed by atoms with E-state index in [-0.39, 0.29) is 12.5 Å². The number of nitrogens with zero attached hydrogens (tertiary/aromatic N) is 1. The first-order chi connectivity index (χ1) is 10.5. The van der Waals surface area contributed by atoms with E-state index in [2.05, 4.69) is 0 Å². The monoisotopic (exact) mass is 301 g/mol. The molecule has 0 radical (unpaired) electrons. The summed E-state index contributed by atoms with van der Waals surface area (Å²) in [4.78, 5) is 25.4. The quantitative estimate of drug-likeness (QED) is 0.797. The van der Waals surface area contributed by atoms with Gasteiger partial charge in [0, 0.05) is 13.6 Å². The number of benzene rings is 1. The van der Waals surface area contributed by atoms with Crippen molar-refractivity contribution in [1.29, 1.82) is 0 Å². The molecule has 1 aromatic heterocycles. The molecule has 0 N–H and O–H groups in total. The second-order valence-electron chi connectivity index (χ2n) is 5.14. The molecule has 116 valence electrons. The molecule has 2 rings (SSSR count). The van der Waals surface area contributed by atoms with E-state index in [1.807, 2.05) is 30.3 Å². The van der Waals surface area contributed by atoms with Crippen LogP contribution in [-0.4, -0.2) is 30.4 Å². The minimum Gasteiger partial charge on any atom is -0.466 e. The van der Waals surface area contributed by atoms with Gasteiger partial charge in [-0.1, -0.05) is 30.3 Å². The van der Waals surface area contributed by atoms with Crippen molar-refractivity contribution >= 4 is 11.9 Å². The number of aryl methyl sites for hydroxylation is 2. The highest BCUT2D eigenvalue weighted by molar-refractivity contribution is 5.92. The van der Waals surface area contributed by atoms with Gasteiger partial charge in [0.25, 0.3) is 5.91 Å². The molecule has 0 saturated heterocycles. The Balaban J connectivity index is 1.87. The Morgan fingerprint density at radius 3 is 2.45 bits per heavy atom. The van der Waals surface area contributed by atoms with Gasteiger partial charge in [-0.2, -0.15) is 0 Å². The summed E-state index contributed by atoms with van der Waals surface area (Å²) in [6, 6.07) is 11.2. The fourth-order valence-corrected chi connectivity index (χ4v) is 2.09. The molecule has 0 fully saturated rings. The molecule has 5 heteroatoms. The summed E-state index contributed by atoms with van der Waals surface area (Å²) in [6.45, 7) is 3.63. The largest absolute Gasteiger partial charge is 0.466 e. The number of carbonyl (C=O) groups excluding carboxylic acids is 2. The van der Waals surface area contributed by atoms with Gasteiger partial charge in [-0.15, -0.1) is 0 Å². The third-order valence-corrected chi connectivity index (χ3v) is 3.28. The summed E-state index contributed by atoms with van der Waals surface area (Å²) in [5, 5.41) is 0. The predicted molar refractivity (Wildman–Crippen MR) is 81.4 cm³/mol. The molecule has 1 heterocycles. The van der Waals surface area contributed by atoms with E-state index in [1.54, 1.807) is 27.0 Å². The number of rotatable bonds is 5. The van der Waals surface area contributed by atoms with Crippen LogP contribution in [0.2, 0.25) is 0 Å². The molecule has 1 amide bonds. The van der Waals surface area contributed by atoms with Gasteiger partial charge >= 0.3 is 5.97 Å². The molecule has 2 aromatic rings. The summed E-state index contributed by atoms with van der Waals surface area (Å²) < 4.78 is 10.3. The van der Waals surface area contributed by atoms with E-state index in [0.29, 0.717) is 23.6 Å². The lowest BCUT2D eigenvalue weighted by atomic mass is 10.2. The molecule has 0 atom stereocenters. The summed E-state index contributed by atoms with van der Waals surface area (Å²) in [5.74, 6) is 0.329. The van der Waals surface area contributed by atoms with Gasteiger partial charge < -0.3 is 14.1 Å². The van der Waals surface area contributed by atoms with Gasteiger partial charge in [0.15, 0.2) is 6.61 Å². The Labute approximate surface area is 129 Å². The number of hydrogen-bond acceptors (Lipinski definition) is 4. The van der Waals surface area contributed by atoms with Crippen molar-refractivity contribution in [3.63, 3.8) is 0 Å². The maximum atomic E-state index is 12.0. The molecule has 0 aliphatic rings. The first kappa shape index (κ1) is 15.8. The number of ether oxygens (including phenoxy) is 1. The van der Waals surface area contributed by atoms with Crippen LogP contribution in [0.5, 0.6) is 0 Å². The van der Waals surface area contributed by atoms with Crippen molar-refractivity contribution < 1.29 is 18.7 Å². The third kappa shape index (κ3) is 3.97. The predicted octanol–water partition coefficient (Wildman–Crippen LogP) is 2.71. The second kappa shape index (κ2) is 6.93. The summed E-state index contributed by atoms with van der Waals surface area (Å²) in [6.07, 6.45) is 0. The minimum atomic E-state index is -0.546. The fraction of sp³-hybridized carbons (Fsp3) is 0.294. The average molecular weight is 301 g/mol. The van der Waals surface area contributed by atoms with Crippen molar-refractivity contribution in [3.8, 4) is 0 Å². The van der Waals surface area contributed by atoms with E-state index in [1.165, 1.54) is 4.90 Å². The first-order valence-electron chi connectivity index (χ1n) is 6.99. The van der Waals surface area contributed by atoms with E-state index < -0.39 is 5.97 Å². The molecule has 5 nitrogen and oxygen atoms in total.